The van der Waals surface area contributed by atoms with Crippen LogP contribution in [0.3, 0.4) is 0 Å². The van der Waals surface area contributed by atoms with Crippen molar-refractivity contribution in [3.05, 3.63) is 138 Å². The van der Waals surface area contributed by atoms with Gasteiger partial charge in [0.05, 0.1) is 12.1 Å². The van der Waals surface area contributed by atoms with Gasteiger partial charge in [0.15, 0.2) is 0 Å². The number of aromatic nitrogens is 2. The number of aliphatic hydroxyl groups is 1. The van der Waals surface area contributed by atoms with E-state index in [9.17, 15) is 53.7 Å². The number of nitrogens with two attached hydrogens (primary N) is 2. The Morgan fingerprint density at radius 3 is 1.88 bits per heavy atom. The van der Waals surface area contributed by atoms with E-state index in [0.29, 0.717) is 29.5 Å². The van der Waals surface area contributed by atoms with Crippen LogP contribution in [0.1, 0.15) is 48.4 Å². The second kappa shape index (κ2) is 28.8. The number of unbranched alkanes of at least 4 members (excludes halogenated alkanes) is 1. The third-order valence-electron chi connectivity index (χ3n) is 13.6. The van der Waals surface area contributed by atoms with Gasteiger partial charge in [0, 0.05) is 65.0 Å². The van der Waals surface area contributed by atoms with Crippen LogP contribution in [0, 0.1) is 0 Å². The summed E-state index contributed by atoms with van der Waals surface area (Å²) in [6.07, 6.45) is 2.10. The van der Waals surface area contributed by atoms with E-state index in [-0.39, 0.29) is 55.9 Å². The maximum absolute atomic E-state index is 14.9. The minimum atomic E-state index is -1.73. The molecule has 1 saturated heterocycles. The van der Waals surface area contributed by atoms with Crippen molar-refractivity contribution in [3.63, 3.8) is 0 Å². The number of hydrogen-bond acceptors (Lipinski definition) is 14. The molecule has 0 radical (unpaired) electrons. The Bertz CT molecular complexity index is 3120. The lowest BCUT2D eigenvalue weighted by molar-refractivity contribution is -0.142. The normalized spacial score (nSPS) is 21.2. The van der Waals surface area contributed by atoms with Crippen LogP contribution in [-0.2, 0) is 64.0 Å². The number of aliphatic hydroxyl groups excluding tert-OH is 1. The number of fused-ring (bicyclic) bond motifs is 2. The number of aromatic amines is 2. The maximum Gasteiger partial charge on any atom is 0.326 e. The van der Waals surface area contributed by atoms with Gasteiger partial charge in [0.25, 0.3) is 0 Å². The van der Waals surface area contributed by atoms with Gasteiger partial charge >= 0.3 is 5.97 Å². The van der Waals surface area contributed by atoms with Gasteiger partial charge in [-0.2, -0.15) is 0 Å². The van der Waals surface area contributed by atoms with Crippen molar-refractivity contribution in [1.82, 2.24) is 47.2 Å². The Hall–Kier alpha value is -7.90. The van der Waals surface area contributed by atoms with Gasteiger partial charge in [-0.25, -0.2) is 4.79 Å². The molecule has 24 heteroatoms. The first-order valence-electron chi connectivity index (χ1n) is 26.1. The minimum absolute atomic E-state index is 0.00970. The molecular weight excluding hydrogens is 1070 g/mol. The van der Waals surface area contributed by atoms with E-state index >= 15 is 0 Å². The molecule has 16 N–H and O–H groups in total. The molecule has 9 atom stereocenters. The van der Waals surface area contributed by atoms with Crippen LogP contribution in [0.5, 0.6) is 5.75 Å². The zero-order valence-corrected chi connectivity index (χ0v) is 45.4. The zero-order valence-electron chi connectivity index (χ0n) is 43.8. The number of carbonyl (C=O) groups is 8. The number of rotatable bonds is 18. The molecule has 0 saturated carbocycles. The second-order valence-electron chi connectivity index (χ2n) is 19.6. The van der Waals surface area contributed by atoms with Gasteiger partial charge in [-0.05, 0) is 85.7 Å². The number of carbonyl (C=O) groups excluding carboxylic acids is 7. The summed E-state index contributed by atoms with van der Waals surface area (Å²) < 4.78 is 0. The average molecular weight is 1130 g/mol. The summed E-state index contributed by atoms with van der Waals surface area (Å²) >= 11 is 0. The number of carboxylic acids is 1. The number of aliphatic carboxylic acids is 1. The molecule has 0 bridgehead atoms. The molecule has 0 aliphatic carbocycles. The predicted molar refractivity (Wildman–Crippen MR) is 305 cm³/mol. The molecule has 6 aromatic rings. The molecule has 80 heavy (non-hydrogen) atoms. The first-order chi connectivity index (χ1) is 38.5. The molecule has 1 fully saturated rings. The Kier molecular flexibility index (Phi) is 21.5. The Labute approximate surface area is 468 Å². The molecule has 1 aliphatic rings. The van der Waals surface area contributed by atoms with Gasteiger partial charge in [-0.1, -0.05) is 100 Å². The molecule has 4 aromatic carbocycles. The summed E-state index contributed by atoms with van der Waals surface area (Å²) in [6.45, 7) is 1.47. The molecule has 424 valence electrons. The number of phenols is 1. The van der Waals surface area contributed by atoms with Gasteiger partial charge in [-0.3, -0.25) is 33.6 Å². The second-order valence-corrected chi connectivity index (χ2v) is 22.1. The number of H-pyrrole nitrogens is 2. The highest BCUT2D eigenvalue weighted by atomic mass is 33.1. The Morgan fingerprint density at radius 2 is 1.23 bits per heavy atom. The fraction of sp³-hybridized carbons (Fsp3) is 0.357. The first kappa shape index (κ1) is 59.8. The fourth-order valence-corrected chi connectivity index (χ4v) is 11.5. The summed E-state index contributed by atoms with van der Waals surface area (Å²) in [7, 11) is 1.96. The van der Waals surface area contributed by atoms with E-state index in [4.69, 9.17) is 11.5 Å². The van der Waals surface area contributed by atoms with Crippen LogP contribution in [0.15, 0.2) is 116 Å². The standard InChI is InChI=1S/C56H67N11O11S2/c1-31(68)48-55(76)66-47(54(75)64-45(56(77)78)26-35-28-60-41-16-8-6-14-38(35)41)30-80-79-29-46(65-49(70)39(58)23-32-11-3-2-4-12-32)53(74)62-43(24-33-18-20-36(69)21-19-33)51(72)63-44(25-34-27-59-40-15-7-5-13-37(34)40)52(73)61-42(50(71)67-48)17-9-10-22-57/h2-8,11-16,18-21,27-28,31,39,42-48,59-60,68-69H,9-10,17,22-26,29-30,57-58H2,1H3,(H,61,73)(H,62,74)(H,63,72)(H,64,75)(H,65,70)(H,66,76)(H,67,71)(H,77,78)/t31-,39-,42+,43+,44-,45+,46+,47+,48+/m1/s1. The van der Waals surface area contributed by atoms with Gasteiger partial charge in [0.1, 0.15) is 48.0 Å². The summed E-state index contributed by atoms with van der Waals surface area (Å²) in [4.78, 5) is 120. The number of phenolic OH excluding ortho intramolecular Hbond substituents is 1. The van der Waals surface area contributed by atoms with Crippen molar-refractivity contribution >= 4 is 90.7 Å². The van der Waals surface area contributed by atoms with Crippen LogP contribution < -0.4 is 48.7 Å². The molecule has 7 amide bonds. The molecule has 2 aromatic heterocycles. The molecule has 22 nitrogen and oxygen atoms in total. The summed E-state index contributed by atoms with van der Waals surface area (Å²) in [5.41, 5.74) is 16.1. The number of aromatic hydroxyl groups is 1. The largest absolute Gasteiger partial charge is 0.508 e. The van der Waals surface area contributed by atoms with Gasteiger partial charge < -0.3 is 74.0 Å². The van der Waals surface area contributed by atoms with Crippen LogP contribution >= 0.6 is 21.6 Å². The number of benzene rings is 4. The number of nitrogens with one attached hydrogen (secondary N) is 9. The molecule has 7 rings (SSSR count). The predicted octanol–water partition coefficient (Wildman–Crippen LogP) is 1.34. The van der Waals surface area contributed by atoms with Crippen molar-refractivity contribution in [3.8, 4) is 5.75 Å². The van der Waals surface area contributed by atoms with E-state index in [1.54, 1.807) is 73.1 Å². The number of hydrogen-bond donors (Lipinski definition) is 14. The van der Waals surface area contributed by atoms with E-state index < -0.39 is 102 Å². The molecule has 0 spiro atoms. The maximum atomic E-state index is 14.9. The summed E-state index contributed by atoms with van der Waals surface area (Å²) in [6, 6.07) is 17.8. The minimum Gasteiger partial charge on any atom is -0.508 e. The lowest BCUT2D eigenvalue weighted by Gasteiger charge is -2.29. The van der Waals surface area contributed by atoms with Crippen LogP contribution in [-0.4, -0.2) is 145 Å². The van der Waals surface area contributed by atoms with E-state index in [2.05, 4.69) is 47.2 Å². The van der Waals surface area contributed by atoms with E-state index in [0.717, 1.165) is 49.0 Å². The van der Waals surface area contributed by atoms with Crippen molar-refractivity contribution < 1.29 is 53.7 Å². The fourth-order valence-electron chi connectivity index (χ4n) is 9.14. The number of amides is 7. The summed E-state index contributed by atoms with van der Waals surface area (Å²) in [5, 5.41) is 51.8. The number of carboxylic acid groups (broad SMARTS) is 1. The molecular formula is C56H67N11O11S2. The Balaban J connectivity index is 1.25. The van der Waals surface area contributed by atoms with Crippen LogP contribution in [0.2, 0.25) is 0 Å². The van der Waals surface area contributed by atoms with E-state index in [1.807, 2.05) is 30.3 Å². The van der Waals surface area contributed by atoms with Crippen molar-refractivity contribution in [2.75, 3.05) is 18.1 Å². The van der Waals surface area contributed by atoms with Crippen molar-refractivity contribution in [1.29, 1.82) is 0 Å². The topological polar surface area (TPSA) is 365 Å². The Morgan fingerprint density at radius 1 is 0.650 bits per heavy atom. The zero-order chi connectivity index (χ0) is 57.3. The van der Waals surface area contributed by atoms with Crippen LogP contribution in [0.4, 0.5) is 0 Å². The lowest BCUT2D eigenvalue weighted by atomic mass is 10.0. The summed E-state index contributed by atoms with van der Waals surface area (Å²) in [5.74, 6) is -8.05. The quantitative estimate of drug-likeness (QED) is 0.0427. The first-order valence-corrected chi connectivity index (χ1v) is 28.6. The highest BCUT2D eigenvalue weighted by molar-refractivity contribution is 8.76. The van der Waals surface area contributed by atoms with Gasteiger partial charge in [-0.15, -0.1) is 0 Å². The monoisotopic (exact) mass is 1130 g/mol. The molecule has 3 heterocycles. The van der Waals surface area contributed by atoms with Crippen LogP contribution in [0.25, 0.3) is 21.8 Å². The average Bonchev–Trinajstić information content (AvgIpc) is 4.06. The third kappa shape index (κ3) is 16.6. The van der Waals surface area contributed by atoms with Crippen molar-refractivity contribution in [2.45, 2.75) is 106 Å². The smallest absolute Gasteiger partial charge is 0.326 e. The molecule has 0 unspecified atom stereocenters. The third-order valence-corrected chi connectivity index (χ3v) is 16.0. The van der Waals surface area contributed by atoms with E-state index in [1.165, 1.54) is 19.1 Å². The van der Waals surface area contributed by atoms with Crippen molar-refractivity contribution in [2.24, 2.45) is 11.5 Å². The number of para-hydroxylation sites is 2. The highest BCUT2D eigenvalue weighted by Crippen LogP contribution is 2.25. The lowest BCUT2D eigenvalue weighted by Crippen LogP contribution is -2.62. The molecule has 1 aliphatic heterocycles. The van der Waals surface area contributed by atoms with Gasteiger partial charge in [0.2, 0.25) is 41.4 Å². The highest BCUT2D eigenvalue weighted by Gasteiger charge is 2.37. The SMILES string of the molecule is C[C@@H](O)[C@@H]1NC(=O)[C@H](CCCCN)NC(=O)[C@@H](Cc2c[nH]c3ccccc23)NC(=O)[C@H](Cc2ccc(O)cc2)NC(=O)[C@@H](NC(=O)[C@H](N)Cc2ccccc2)CSSC[C@@H](C(=O)N[C@@H](Cc2c[nH]c3ccccc23)C(=O)O)NC1=O.